The lowest BCUT2D eigenvalue weighted by Gasteiger charge is -2.39. The van der Waals surface area contributed by atoms with Gasteiger partial charge in [-0.3, -0.25) is 4.90 Å². The molecule has 1 heterocycles. The van der Waals surface area contributed by atoms with E-state index in [4.69, 9.17) is 10.5 Å². The molecule has 1 aliphatic rings. The van der Waals surface area contributed by atoms with Crippen molar-refractivity contribution in [3.05, 3.63) is 47.1 Å². The number of aliphatic hydroxyl groups excluding tert-OH is 1. The van der Waals surface area contributed by atoms with Crippen molar-refractivity contribution in [2.75, 3.05) is 33.2 Å². The molecule has 0 aromatic heterocycles. The molecular formula is C19H34BN3O2. The lowest BCUT2D eigenvalue weighted by atomic mass is 9.96. The summed E-state index contributed by atoms with van der Waals surface area (Å²) in [5.41, 5.74) is 7.83. The first-order chi connectivity index (χ1) is 12.0. The van der Waals surface area contributed by atoms with Gasteiger partial charge in [0.15, 0.2) is 0 Å². The summed E-state index contributed by atoms with van der Waals surface area (Å²) in [4.78, 5) is 2.38. The summed E-state index contributed by atoms with van der Waals surface area (Å²) in [7, 11) is 4.04. The van der Waals surface area contributed by atoms with Crippen LogP contribution in [0.25, 0.3) is 0 Å². The fourth-order valence-corrected chi connectivity index (χ4v) is 2.77. The molecule has 0 radical (unpaired) electrons. The van der Waals surface area contributed by atoms with E-state index in [-0.39, 0.29) is 6.10 Å². The molecule has 1 fully saturated rings. The monoisotopic (exact) mass is 347 g/mol. The number of likely N-dealkylation sites (N-methyl/N-ethyl adjacent to an activating group) is 1. The molecule has 0 bridgehead atoms. The quantitative estimate of drug-likeness (QED) is 0.302. The average molecular weight is 347 g/mol. The van der Waals surface area contributed by atoms with Crippen LogP contribution in [0, 0.1) is 0 Å². The molecular weight excluding hydrogens is 313 g/mol. The molecule has 1 saturated heterocycles. The van der Waals surface area contributed by atoms with Gasteiger partial charge in [0.1, 0.15) is 19.7 Å². The van der Waals surface area contributed by atoms with Gasteiger partial charge < -0.3 is 20.9 Å². The van der Waals surface area contributed by atoms with Crippen molar-refractivity contribution < 1.29 is 9.84 Å². The Morgan fingerprint density at radius 2 is 2.08 bits per heavy atom. The molecule has 140 valence electrons. The summed E-state index contributed by atoms with van der Waals surface area (Å²) >= 11 is 0. The molecule has 0 amide bonds. The van der Waals surface area contributed by atoms with Gasteiger partial charge in [-0.15, -0.1) is 0 Å². The fraction of sp³-hybridized carbons (Fsp3) is 0.579. The highest BCUT2D eigenvalue weighted by Crippen LogP contribution is 2.18. The van der Waals surface area contributed by atoms with Crippen LogP contribution in [0.5, 0.6) is 0 Å². The van der Waals surface area contributed by atoms with Crippen LogP contribution in [0.1, 0.15) is 26.7 Å². The zero-order valence-corrected chi connectivity index (χ0v) is 16.2. The summed E-state index contributed by atoms with van der Waals surface area (Å²) < 4.78 is 6.03. The molecule has 0 spiro atoms. The molecule has 0 saturated carbocycles. The molecule has 1 rings (SSSR count). The third-order valence-corrected chi connectivity index (χ3v) is 4.33. The van der Waals surface area contributed by atoms with Gasteiger partial charge >= 0.3 is 0 Å². The molecule has 6 heteroatoms. The second-order valence-electron chi connectivity index (χ2n) is 6.49. The van der Waals surface area contributed by atoms with Crippen LogP contribution in [0.4, 0.5) is 0 Å². The Hall–Kier alpha value is -1.66. The smallest absolute Gasteiger partial charge is 0.124 e. The molecule has 1 aliphatic heterocycles. The van der Waals surface area contributed by atoms with Crippen molar-refractivity contribution in [2.24, 2.45) is 5.73 Å². The molecule has 5 nitrogen and oxygen atoms in total. The van der Waals surface area contributed by atoms with E-state index >= 15 is 0 Å². The van der Waals surface area contributed by atoms with Crippen molar-refractivity contribution in [1.29, 1.82) is 0 Å². The lowest BCUT2D eigenvalue weighted by Crippen LogP contribution is -2.52. The van der Waals surface area contributed by atoms with E-state index in [9.17, 15) is 5.11 Å². The van der Waals surface area contributed by atoms with E-state index in [1.165, 1.54) is 5.57 Å². The van der Waals surface area contributed by atoms with Gasteiger partial charge in [-0.05, 0) is 63.2 Å². The second-order valence-corrected chi connectivity index (χ2v) is 6.49. The van der Waals surface area contributed by atoms with Crippen LogP contribution in [0.15, 0.2) is 47.1 Å². The van der Waals surface area contributed by atoms with Crippen LogP contribution in [-0.4, -0.2) is 57.2 Å². The third kappa shape index (κ3) is 7.84. The Balaban J connectivity index is 2.39. The number of nitrogens with one attached hydrogen (secondary N) is 1. The highest BCUT2D eigenvalue weighted by Gasteiger charge is 2.28. The number of allylic oxidation sites excluding steroid dienone is 5. The Morgan fingerprint density at radius 1 is 1.36 bits per heavy atom. The van der Waals surface area contributed by atoms with E-state index < -0.39 is 0 Å². The Morgan fingerprint density at radius 3 is 2.60 bits per heavy atom. The van der Waals surface area contributed by atoms with Crippen molar-refractivity contribution in [3.8, 4) is 0 Å². The second kappa shape index (κ2) is 11.8. The number of likely N-dealkylation sites (tertiary alicyclic amines) is 1. The summed E-state index contributed by atoms with van der Waals surface area (Å²) in [5, 5.41) is 12.8. The predicted molar refractivity (Wildman–Crippen MR) is 108 cm³/mol. The molecule has 4 N–H and O–H groups in total. The first-order valence-corrected chi connectivity index (χ1v) is 9.20. The van der Waals surface area contributed by atoms with Crippen LogP contribution < -0.4 is 11.1 Å². The van der Waals surface area contributed by atoms with Crippen LogP contribution >= 0.6 is 0 Å². The number of nitrogens with zero attached hydrogens (tertiary/aromatic N) is 1. The molecule has 0 unspecified atom stereocenters. The van der Waals surface area contributed by atoms with Gasteiger partial charge in [0.05, 0.1) is 5.76 Å². The van der Waals surface area contributed by atoms with E-state index in [1.807, 2.05) is 32.2 Å². The van der Waals surface area contributed by atoms with Crippen LogP contribution in [-0.2, 0) is 4.74 Å². The number of rotatable bonds is 11. The van der Waals surface area contributed by atoms with Crippen LogP contribution in [0.3, 0.4) is 0 Å². The maximum Gasteiger partial charge on any atom is 0.124 e. The van der Waals surface area contributed by atoms with Gasteiger partial charge in [0, 0.05) is 26.2 Å². The molecule has 25 heavy (non-hydrogen) atoms. The van der Waals surface area contributed by atoms with E-state index in [2.05, 4.69) is 18.1 Å². The minimum absolute atomic E-state index is 0.235. The van der Waals surface area contributed by atoms with Crippen molar-refractivity contribution in [3.63, 3.8) is 0 Å². The van der Waals surface area contributed by atoms with Gasteiger partial charge in [-0.1, -0.05) is 12.4 Å². The molecule has 0 aliphatic carbocycles. The Bertz CT molecular complexity index is 517. The predicted octanol–water partition coefficient (Wildman–Crippen LogP) is 1.87. The maximum absolute atomic E-state index is 9.71. The number of ether oxygens (including phenoxy) is 1. The first kappa shape index (κ1) is 21.4. The molecule has 0 aromatic carbocycles. The van der Waals surface area contributed by atoms with E-state index in [0.717, 1.165) is 56.7 Å². The normalized spacial score (nSPS) is 18.4. The Labute approximate surface area is 153 Å². The summed E-state index contributed by atoms with van der Waals surface area (Å²) in [6.45, 7) is 7.45. The summed E-state index contributed by atoms with van der Waals surface area (Å²) in [5.74, 6) is 1.24. The fourth-order valence-electron chi connectivity index (χ4n) is 2.77. The highest BCUT2D eigenvalue weighted by molar-refractivity contribution is 6.08. The lowest BCUT2D eigenvalue weighted by molar-refractivity contribution is -0.0168. The number of nitrogens with two attached hydrogens (primary N) is 1. The van der Waals surface area contributed by atoms with Gasteiger partial charge in [-0.2, -0.15) is 0 Å². The summed E-state index contributed by atoms with van der Waals surface area (Å²) in [6, 6.07) is 0. The van der Waals surface area contributed by atoms with Gasteiger partial charge in [0.2, 0.25) is 0 Å². The number of hydrogen-bond acceptors (Lipinski definition) is 5. The van der Waals surface area contributed by atoms with E-state index in [0.29, 0.717) is 5.76 Å². The minimum Gasteiger partial charge on any atom is -0.512 e. The number of aliphatic hydroxyl groups is 1. The zero-order valence-electron chi connectivity index (χ0n) is 16.2. The van der Waals surface area contributed by atoms with Crippen LogP contribution in [0.2, 0.25) is 6.32 Å². The summed E-state index contributed by atoms with van der Waals surface area (Å²) in [6.07, 6.45) is 10.7. The van der Waals surface area contributed by atoms with E-state index in [1.54, 1.807) is 13.1 Å². The SMILES string of the molecule is BCCC(/C=C\C(=C\C)OC1CN(CC/C(=C/N)CNC)C1)=C(/C)O. The maximum atomic E-state index is 9.71. The largest absolute Gasteiger partial charge is 0.512 e. The number of hydrogen-bond donors (Lipinski definition) is 3. The topological polar surface area (TPSA) is 70.8 Å². The third-order valence-electron chi connectivity index (χ3n) is 4.33. The standard InChI is InChI=1S/C19H34BN3O2/c1-4-18(6-5-17(7-9-20)15(2)24)25-19-13-23(14-19)10-8-16(11-21)12-22-3/h4-6,11,19,22,24H,7-10,12-14,20-21H2,1-3H3/b6-5-,16-11-,17-15-,18-4-. The highest BCUT2D eigenvalue weighted by atomic mass is 16.5. The molecule has 0 atom stereocenters. The Kier molecular flexibility index (Phi) is 10.1. The average Bonchev–Trinajstić information content (AvgIpc) is 2.56. The molecule has 0 aromatic rings. The van der Waals surface area contributed by atoms with Gasteiger partial charge in [-0.25, -0.2) is 0 Å². The minimum atomic E-state index is 0.235. The van der Waals surface area contributed by atoms with Crippen molar-refractivity contribution in [2.45, 2.75) is 39.1 Å². The van der Waals surface area contributed by atoms with Crippen molar-refractivity contribution >= 4 is 7.85 Å². The van der Waals surface area contributed by atoms with Crippen molar-refractivity contribution in [1.82, 2.24) is 10.2 Å². The zero-order chi connectivity index (χ0) is 18.7. The first-order valence-electron chi connectivity index (χ1n) is 9.20. The van der Waals surface area contributed by atoms with Gasteiger partial charge in [0.25, 0.3) is 0 Å².